The summed E-state index contributed by atoms with van der Waals surface area (Å²) in [4.78, 5) is 15.6. The fourth-order valence-corrected chi connectivity index (χ4v) is 3.16. The first kappa shape index (κ1) is 12.6. The maximum Gasteiger partial charge on any atom is 0.244 e. The topological polar surface area (TPSA) is 32.3 Å². The lowest BCUT2D eigenvalue weighted by Gasteiger charge is -2.29. The highest BCUT2D eigenvalue weighted by atomic mass is 35.5. The number of fused-ring (bicyclic) bond motifs is 1. The third kappa shape index (κ3) is 2.39. The van der Waals surface area contributed by atoms with E-state index in [4.69, 9.17) is 0 Å². The SMILES string of the molecule is Cl.O=C(C1C=CCN1)N1CCc2sccc2C1. The molecule has 2 aliphatic rings. The fraction of sp³-hybridized carbons (Fsp3) is 0.417. The van der Waals surface area contributed by atoms with Crippen molar-refractivity contribution in [2.75, 3.05) is 13.1 Å². The Hall–Kier alpha value is -0.840. The first-order valence-corrected chi connectivity index (χ1v) is 6.46. The molecule has 92 valence electrons. The van der Waals surface area contributed by atoms with Gasteiger partial charge in [-0.25, -0.2) is 0 Å². The molecule has 0 bridgehead atoms. The summed E-state index contributed by atoms with van der Waals surface area (Å²) in [5.41, 5.74) is 1.33. The molecule has 0 saturated heterocycles. The maximum absolute atomic E-state index is 12.1. The van der Waals surface area contributed by atoms with Crippen LogP contribution in [0.5, 0.6) is 0 Å². The minimum Gasteiger partial charge on any atom is -0.336 e. The number of halogens is 1. The van der Waals surface area contributed by atoms with E-state index in [1.54, 1.807) is 11.3 Å². The third-order valence-corrected chi connectivity index (χ3v) is 4.19. The van der Waals surface area contributed by atoms with E-state index in [2.05, 4.69) is 16.8 Å². The van der Waals surface area contributed by atoms with Crippen molar-refractivity contribution < 1.29 is 4.79 Å². The number of hydrogen-bond acceptors (Lipinski definition) is 3. The van der Waals surface area contributed by atoms with E-state index in [0.29, 0.717) is 0 Å². The molecule has 0 aliphatic carbocycles. The predicted molar refractivity (Wildman–Crippen MR) is 71.6 cm³/mol. The quantitative estimate of drug-likeness (QED) is 0.786. The maximum atomic E-state index is 12.1. The first-order chi connectivity index (χ1) is 7.84. The summed E-state index contributed by atoms with van der Waals surface area (Å²) in [6, 6.07) is 2.04. The Labute approximate surface area is 111 Å². The molecule has 0 aromatic carbocycles. The number of thiophene rings is 1. The van der Waals surface area contributed by atoms with Gasteiger partial charge in [0.05, 0.1) is 0 Å². The second-order valence-electron chi connectivity index (χ2n) is 4.19. The Kier molecular flexibility index (Phi) is 3.86. The summed E-state index contributed by atoms with van der Waals surface area (Å²) < 4.78 is 0. The minimum absolute atomic E-state index is 0. The van der Waals surface area contributed by atoms with Crippen molar-refractivity contribution in [3.63, 3.8) is 0 Å². The van der Waals surface area contributed by atoms with Crippen molar-refractivity contribution >= 4 is 29.7 Å². The van der Waals surface area contributed by atoms with Gasteiger partial charge in [0.1, 0.15) is 6.04 Å². The zero-order valence-electron chi connectivity index (χ0n) is 9.39. The fourth-order valence-electron chi connectivity index (χ4n) is 2.27. The molecule has 1 aromatic heterocycles. The van der Waals surface area contributed by atoms with Gasteiger partial charge in [-0.1, -0.05) is 12.2 Å². The molecule has 1 amide bonds. The van der Waals surface area contributed by atoms with Crippen LogP contribution in [-0.4, -0.2) is 29.9 Å². The van der Waals surface area contributed by atoms with Gasteiger partial charge in [0.25, 0.3) is 0 Å². The number of amides is 1. The number of rotatable bonds is 1. The van der Waals surface area contributed by atoms with E-state index in [1.807, 2.05) is 17.1 Å². The van der Waals surface area contributed by atoms with Crippen LogP contribution in [0.1, 0.15) is 10.4 Å². The second-order valence-corrected chi connectivity index (χ2v) is 5.19. The lowest BCUT2D eigenvalue weighted by molar-refractivity contribution is -0.132. The largest absolute Gasteiger partial charge is 0.336 e. The van der Waals surface area contributed by atoms with Crippen LogP contribution in [0.15, 0.2) is 23.6 Å². The summed E-state index contributed by atoms with van der Waals surface area (Å²) in [6.07, 6.45) is 4.99. The lowest BCUT2D eigenvalue weighted by Crippen LogP contribution is -2.45. The minimum atomic E-state index is -0.0971. The number of hydrogen-bond donors (Lipinski definition) is 1. The average molecular weight is 271 g/mol. The van der Waals surface area contributed by atoms with Gasteiger partial charge in [-0.2, -0.15) is 0 Å². The van der Waals surface area contributed by atoms with Crippen molar-refractivity contribution in [3.05, 3.63) is 34.0 Å². The van der Waals surface area contributed by atoms with Crippen molar-refractivity contribution in [1.82, 2.24) is 10.2 Å². The van der Waals surface area contributed by atoms with E-state index in [0.717, 1.165) is 26.1 Å². The van der Waals surface area contributed by atoms with Gasteiger partial charge in [0.2, 0.25) is 5.91 Å². The van der Waals surface area contributed by atoms with Crippen LogP contribution in [0, 0.1) is 0 Å². The molecule has 2 aliphatic heterocycles. The van der Waals surface area contributed by atoms with Gasteiger partial charge in [-0.3, -0.25) is 10.1 Å². The monoisotopic (exact) mass is 270 g/mol. The molecule has 3 heterocycles. The highest BCUT2D eigenvalue weighted by molar-refractivity contribution is 7.10. The van der Waals surface area contributed by atoms with E-state index in [-0.39, 0.29) is 24.4 Å². The molecule has 3 rings (SSSR count). The predicted octanol–water partition coefficient (Wildman–Crippen LogP) is 1.58. The van der Waals surface area contributed by atoms with Gasteiger partial charge in [-0.05, 0) is 23.4 Å². The van der Waals surface area contributed by atoms with Crippen LogP contribution >= 0.6 is 23.7 Å². The summed E-state index contributed by atoms with van der Waals surface area (Å²) in [5, 5.41) is 5.29. The molecule has 0 radical (unpaired) electrons. The normalized spacial score (nSPS) is 22.1. The molecule has 0 saturated carbocycles. The average Bonchev–Trinajstić information content (AvgIpc) is 2.98. The van der Waals surface area contributed by atoms with Crippen LogP contribution in [0.3, 0.4) is 0 Å². The molecule has 1 N–H and O–H groups in total. The first-order valence-electron chi connectivity index (χ1n) is 5.58. The molecule has 0 fully saturated rings. The molecule has 0 spiro atoms. The van der Waals surface area contributed by atoms with E-state index < -0.39 is 0 Å². The van der Waals surface area contributed by atoms with Gasteiger partial charge >= 0.3 is 0 Å². The smallest absolute Gasteiger partial charge is 0.244 e. The van der Waals surface area contributed by atoms with Crippen LogP contribution < -0.4 is 5.32 Å². The van der Waals surface area contributed by atoms with Crippen molar-refractivity contribution in [2.45, 2.75) is 19.0 Å². The summed E-state index contributed by atoms with van der Waals surface area (Å²) in [6.45, 7) is 2.45. The van der Waals surface area contributed by atoms with Gasteiger partial charge in [-0.15, -0.1) is 23.7 Å². The molecule has 3 nitrogen and oxygen atoms in total. The van der Waals surface area contributed by atoms with E-state index >= 15 is 0 Å². The third-order valence-electron chi connectivity index (χ3n) is 3.17. The molecular formula is C12H15ClN2OS. The number of nitrogens with zero attached hydrogens (tertiary/aromatic N) is 1. The molecule has 1 atom stereocenters. The highest BCUT2D eigenvalue weighted by Crippen LogP contribution is 2.24. The van der Waals surface area contributed by atoms with E-state index in [1.165, 1.54) is 10.4 Å². The Balaban J connectivity index is 0.00000108. The van der Waals surface area contributed by atoms with Crippen LogP contribution in [0.4, 0.5) is 0 Å². The van der Waals surface area contributed by atoms with Gasteiger partial charge < -0.3 is 4.90 Å². The van der Waals surface area contributed by atoms with Crippen molar-refractivity contribution in [1.29, 1.82) is 0 Å². The zero-order chi connectivity index (χ0) is 11.0. The highest BCUT2D eigenvalue weighted by Gasteiger charge is 2.26. The van der Waals surface area contributed by atoms with Gasteiger partial charge in [0, 0.05) is 24.5 Å². The standard InChI is InChI=1S/C12H14N2OS.ClH/c15-12(10-2-1-5-13-10)14-6-3-11-9(8-14)4-7-16-11;/h1-2,4,7,10,13H,3,5-6,8H2;1H. The van der Waals surface area contributed by atoms with Crippen LogP contribution in [0.25, 0.3) is 0 Å². The lowest BCUT2D eigenvalue weighted by atomic mass is 10.1. The van der Waals surface area contributed by atoms with Crippen LogP contribution in [0.2, 0.25) is 0 Å². The van der Waals surface area contributed by atoms with Crippen molar-refractivity contribution in [3.8, 4) is 0 Å². The molecule has 17 heavy (non-hydrogen) atoms. The van der Waals surface area contributed by atoms with Crippen LogP contribution in [-0.2, 0) is 17.8 Å². The molecular weight excluding hydrogens is 256 g/mol. The van der Waals surface area contributed by atoms with Crippen molar-refractivity contribution in [2.24, 2.45) is 0 Å². The Morgan fingerprint density at radius 2 is 2.41 bits per heavy atom. The molecule has 1 unspecified atom stereocenters. The Morgan fingerprint density at radius 3 is 3.18 bits per heavy atom. The second kappa shape index (κ2) is 5.21. The summed E-state index contributed by atoms with van der Waals surface area (Å²) in [7, 11) is 0. The van der Waals surface area contributed by atoms with E-state index in [9.17, 15) is 4.79 Å². The summed E-state index contributed by atoms with van der Waals surface area (Å²) >= 11 is 1.80. The number of carbonyl (C=O) groups excluding carboxylic acids is 1. The van der Waals surface area contributed by atoms with Gasteiger partial charge in [0.15, 0.2) is 0 Å². The molecule has 5 heteroatoms. The number of carbonyl (C=O) groups is 1. The zero-order valence-corrected chi connectivity index (χ0v) is 11.0. The molecule has 1 aromatic rings. The summed E-state index contributed by atoms with van der Waals surface area (Å²) in [5.74, 6) is 0.214. The number of nitrogens with one attached hydrogen (secondary N) is 1. The Bertz CT molecular complexity index is 443. The Morgan fingerprint density at radius 1 is 1.53 bits per heavy atom.